The molecule has 0 radical (unpaired) electrons. The maximum atomic E-state index is 12.4. The minimum absolute atomic E-state index is 0.0151. The Balaban J connectivity index is 1.87. The highest BCUT2D eigenvalue weighted by atomic mass is 32.2. The van der Waals surface area contributed by atoms with Gasteiger partial charge in [-0.25, -0.2) is 8.42 Å². The highest BCUT2D eigenvalue weighted by Crippen LogP contribution is 2.25. The number of nitrogens with one attached hydrogen (secondary N) is 1. The quantitative estimate of drug-likeness (QED) is 0.756. The molecule has 3 rings (SSSR count). The minimum atomic E-state index is -3.55. The van der Waals surface area contributed by atoms with Gasteiger partial charge in [0.25, 0.3) is 5.91 Å². The number of rotatable bonds is 4. The van der Waals surface area contributed by atoms with E-state index in [-0.39, 0.29) is 22.4 Å². The second-order valence-corrected chi connectivity index (χ2v) is 7.94. The van der Waals surface area contributed by atoms with Crippen molar-refractivity contribution in [2.24, 2.45) is 0 Å². The predicted molar refractivity (Wildman–Crippen MR) is 96.7 cm³/mol. The van der Waals surface area contributed by atoms with Gasteiger partial charge in [0.1, 0.15) is 0 Å². The molecule has 1 amide bonds. The molecule has 0 bridgehead atoms. The Hall–Kier alpha value is -3.00. The number of aryl methyl sites for hydroxylation is 2. The van der Waals surface area contributed by atoms with E-state index in [2.05, 4.69) is 15.5 Å². The van der Waals surface area contributed by atoms with Gasteiger partial charge in [-0.2, -0.15) is 0 Å². The number of hydrogen-bond acceptors (Lipinski definition) is 6. The summed E-state index contributed by atoms with van der Waals surface area (Å²) in [6.45, 7) is 3.91. The van der Waals surface area contributed by atoms with E-state index in [9.17, 15) is 13.2 Å². The van der Waals surface area contributed by atoms with E-state index in [1.807, 2.05) is 32.0 Å². The lowest BCUT2D eigenvalue weighted by atomic mass is 10.1. The molecule has 0 saturated heterocycles. The molecule has 26 heavy (non-hydrogen) atoms. The van der Waals surface area contributed by atoms with Crippen LogP contribution in [0.3, 0.4) is 0 Å². The van der Waals surface area contributed by atoms with E-state index >= 15 is 0 Å². The summed E-state index contributed by atoms with van der Waals surface area (Å²) in [5.41, 5.74) is 2.85. The number of hydrogen-bond donors (Lipinski definition) is 1. The Morgan fingerprint density at radius 3 is 2.50 bits per heavy atom. The smallest absolute Gasteiger partial charge is 0.322 e. The summed E-state index contributed by atoms with van der Waals surface area (Å²) in [6.07, 6.45) is 1.05. The standard InChI is InChI=1S/C18H17N3O4S/c1-11-8-9-13(12(2)10-11)17-20-21-18(25-17)19-16(22)14-6-4-5-7-15(14)26(3,23)24/h4-10H,1-3H3,(H,19,21,22). The molecule has 2 aromatic carbocycles. The number of anilines is 1. The molecule has 0 unspecified atom stereocenters. The maximum absolute atomic E-state index is 12.4. The summed E-state index contributed by atoms with van der Waals surface area (Å²) >= 11 is 0. The fourth-order valence-corrected chi connectivity index (χ4v) is 3.46. The van der Waals surface area contributed by atoms with Crippen LogP contribution in [0.1, 0.15) is 21.5 Å². The number of sulfone groups is 1. The molecule has 7 nitrogen and oxygen atoms in total. The van der Waals surface area contributed by atoms with Crippen molar-refractivity contribution < 1.29 is 17.6 Å². The summed E-state index contributed by atoms with van der Waals surface area (Å²) in [5.74, 6) is -0.365. The molecule has 0 aliphatic heterocycles. The van der Waals surface area contributed by atoms with Crippen LogP contribution in [0.25, 0.3) is 11.5 Å². The highest BCUT2D eigenvalue weighted by molar-refractivity contribution is 7.90. The third kappa shape index (κ3) is 3.65. The van der Waals surface area contributed by atoms with Gasteiger partial charge in [-0.15, -0.1) is 5.10 Å². The van der Waals surface area contributed by atoms with Gasteiger partial charge in [0.2, 0.25) is 5.89 Å². The molecule has 1 heterocycles. The predicted octanol–water partition coefficient (Wildman–Crippen LogP) is 3.01. The van der Waals surface area contributed by atoms with Crippen LogP contribution in [-0.4, -0.2) is 30.8 Å². The van der Waals surface area contributed by atoms with Gasteiger partial charge in [0.15, 0.2) is 9.84 Å². The van der Waals surface area contributed by atoms with Crippen molar-refractivity contribution in [3.63, 3.8) is 0 Å². The molecule has 1 N–H and O–H groups in total. The second-order valence-electron chi connectivity index (χ2n) is 5.95. The fourth-order valence-electron chi connectivity index (χ4n) is 2.58. The summed E-state index contributed by atoms with van der Waals surface area (Å²) in [5, 5.41) is 10.2. The molecule has 8 heteroatoms. The van der Waals surface area contributed by atoms with Crippen LogP contribution in [0.15, 0.2) is 51.8 Å². The van der Waals surface area contributed by atoms with E-state index in [1.165, 1.54) is 12.1 Å². The molecule has 0 aliphatic rings. The van der Waals surface area contributed by atoms with Gasteiger partial charge in [-0.1, -0.05) is 34.9 Å². The fraction of sp³-hybridized carbons (Fsp3) is 0.167. The molecule has 0 spiro atoms. The normalized spacial score (nSPS) is 11.3. The molecule has 134 valence electrons. The van der Waals surface area contributed by atoms with Crippen molar-refractivity contribution in [1.82, 2.24) is 10.2 Å². The zero-order valence-corrected chi connectivity index (χ0v) is 15.3. The van der Waals surface area contributed by atoms with Crippen molar-refractivity contribution in [3.8, 4) is 11.5 Å². The molecule has 3 aromatic rings. The van der Waals surface area contributed by atoms with Crippen molar-refractivity contribution in [2.75, 3.05) is 11.6 Å². The van der Waals surface area contributed by atoms with Crippen molar-refractivity contribution in [2.45, 2.75) is 18.7 Å². The van der Waals surface area contributed by atoms with Crippen molar-refractivity contribution >= 4 is 21.8 Å². The lowest BCUT2D eigenvalue weighted by Crippen LogP contribution is -2.16. The second kappa shape index (κ2) is 6.72. The lowest BCUT2D eigenvalue weighted by molar-refractivity contribution is 0.102. The van der Waals surface area contributed by atoms with Gasteiger partial charge >= 0.3 is 6.01 Å². The van der Waals surface area contributed by atoms with Gasteiger partial charge in [0, 0.05) is 11.8 Å². The summed E-state index contributed by atoms with van der Waals surface area (Å²) in [6, 6.07) is 11.6. The van der Waals surface area contributed by atoms with E-state index in [4.69, 9.17) is 4.42 Å². The van der Waals surface area contributed by atoms with Gasteiger partial charge < -0.3 is 4.42 Å². The van der Waals surface area contributed by atoms with E-state index in [0.29, 0.717) is 0 Å². The number of amides is 1. The molecule has 1 aromatic heterocycles. The van der Waals surface area contributed by atoms with Gasteiger partial charge in [-0.05, 0) is 37.6 Å². The Morgan fingerprint density at radius 2 is 1.81 bits per heavy atom. The SMILES string of the molecule is Cc1ccc(-c2nnc(NC(=O)c3ccccc3S(C)(=O)=O)o2)c(C)c1. The first-order valence-corrected chi connectivity index (χ1v) is 9.66. The maximum Gasteiger partial charge on any atom is 0.322 e. The summed E-state index contributed by atoms with van der Waals surface area (Å²) in [7, 11) is -3.55. The Labute approximate surface area is 151 Å². The van der Waals surface area contributed by atoms with Crippen LogP contribution < -0.4 is 5.32 Å². The van der Waals surface area contributed by atoms with Crippen LogP contribution >= 0.6 is 0 Å². The van der Waals surface area contributed by atoms with Gasteiger partial charge in [-0.3, -0.25) is 10.1 Å². The van der Waals surface area contributed by atoms with Crippen molar-refractivity contribution in [3.05, 3.63) is 59.2 Å². The molecule has 0 fully saturated rings. The molecule has 0 saturated carbocycles. The molecule has 0 aliphatic carbocycles. The lowest BCUT2D eigenvalue weighted by Gasteiger charge is -2.06. The van der Waals surface area contributed by atoms with Crippen LogP contribution in [0.2, 0.25) is 0 Å². The Kier molecular flexibility index (Phi) is 4.60. The van der Waals surface area contributed by atoms with E-state index in [0.717, 1.165) is 22.9 Å². The number of benzene rings is 2. The first kappa shape index (κ1) is 17.8. The number of carbonyl (C=O) groups excluding carboxylic acids is 1. The largest absolute Gasteiger partial charge is 0.403 e. The topological polar surface area (TPSA) is 102 Å². The highest BCUT2D eigenvalue weighted by Gasteiger charge is 2.20. The average Bonchev–Trinajstić information content (AvgIpc) is 3.02. The average molecular weight is 371 g/mol. The monoisotopic (exact) mass is 371 g/mol. The molecular weight excluding hydrogens is 354 g/mol. The Bertz CT molecular complexity index is 1090. The van der Waals surface area contributed by atoms with Crippen molar-refractivity contribution in [1.29, 1.82) is 0 Å². The van der Waals surface area contributed by atoms with E-state index < -0.39 is 15.7 Å². The van der Waals surface area contributed by atoms with E-state index in [1.54, 1.807) is 12.1 Å². The van der Waals surface area contributed by atoms with Crippen LogP contribution in [0.4, 0.5) is 6.01 Å². The summed E-state index contributed by atoms with van der Waals surface area (Å²) < 4.78 is 29.2. The van der Waals surface area contributed by atoms with Crippen LogP contribution in [0.5, 0.6) is 0 Å². The first-order chi connectivity index (χ1) is 12.3. The minimum Gasteiger partial charge on any atom is -0.403 e. The molecule has 0 atom stereocenters. The zero-order chi connectivity index (χ0) is 18.9. The third-order valence-electron chi connectivity index (χ3n) is 3.79. The van der Waals surface area contributed by atoms with Crippen LogP contribution in [0, 0.1) is 13.8 Å². The molecular formula is C18H17N3O4S. The zero-order valence-electron chi connectivity index (χ0n) is 14.5. The number of aromatic nitrogens is 2. The Morgan fingerprint density at radius 1 is 1.08 bits per heavy atom. The number of nitrogens with zero attached hydrogens (tertiary/aromatic N) is 2. The summed E-state index contributed by atoms with van der Waals surface area (Å²) in [4.78, 5) is 12.4. The number of carbonyl (C=O) groups is 1. The van der Waals surface area contributed by atoms with Crippen LogP contribution in [-0.2, 0) is 9.84 Å². The first-order valence-electron chi connectivity index (χ1n) is 7.77. The van der Waals surface area contributed by atoms with Gasteiger partial charge in [0.05, 0.1) is 10.5 Å². The third-order valence-corrected chi connectivity index (χ3v) is 4.94.